The zero-order valence-corrected chi connectivity index (χ0v) is 23.5. The monoisotopic (exact) mass is 568 g/mol. The topological polar surface area (TPSA) is 139 Å². The SMILES string of the molecule is COc1ccc(CN(C(=O)CN(c2cccc([N+](=O)[O-])c2)S(=O)(=O)c2ccccc2)[C@H](C)C(=O)NC(C)C)cc1. The molecule has 0 aliphatic heterocycles. The average molecular weight is 569 g/mol. The van der Waals surface area contributed by atoms with Gasteiger partial charge in [0.25, 0.3) is 15.7 Å². The minimum absolute atomic E-state index is 0.00364. The molecular formula is C28H32N4O7S. The Hall–Kier alpha value is -4.45. The Balaban J connectivity index is 2.05. The van der Waals surface area contributed by atoms with Crippen molar-refractivity contribution in [3.8, 4) is 5.75 Å². The van der Waals surface area contributed by atoms with Gasteiger partial charge in [0, 0.05) is 24.7 Å². The largest absolute Gasteiger partial charge is 0.497 e. The summed E-state index contributed by atoms with van der Waals surface area (Å²) in [5.41, 5.74) is 0.291. The summed E-state index contributed by atoms with van der Waals surface area (Å²) in [5, 5.41) is 14.2. The summed E-state index contributed by atoms with van der Waals surface area (Å²) in [4.78, 5) is 38.8. The second-order valence-corrected chi connectivity index (χ2v) is 11.2. The van der Waals surface area contributed by atoms with Gasteiger partial charge in [-0.05, 0) is 56.7 Å². The summed E-state index contributed by atoms with van der Waals surface area (Å²) in [6.45, 7) is 4.44. The van der Waals surface area contributed by atoms with E-state index in [2.05, 4.69) is 5.32 Å². The Bertz CT molecular complexity index is 1440. The average Bonchev–Trinajstić information content (AvgIpc) is 2.94. The molecule has 0 heterocycles. The van der Waals surface area contributed by atoms with Crippen molar-refractivity contribution in [3.05, 3.63) is 94.5 Å². The number of methoxy groups -OCH3 is 1. The van der Waals surface area contributed by atoms with E-state index in [-0.39, 0.29) is 28.9 Å². The molecule has 0 aromatic heterocycles. The van der Waals surface area contributed by atoms with Crippen LogP contribution in [-0.2, 0) is 26.2 Å². The Morgan fingerprint density at radius 3 is 2.20 bits per heavy atom. The van der Waals surface area contributed by atoms with Crippen molar-refractivity contribution in [2.24, 2.45) is 0 Å². The summed E-state index contributed by atoms with van der Waals surface area (Å²) in [5.74, 6) is -0.476. The quantitative estimate of drug-likeness (QED) is 0.259. The highest BCUT2D eigenvalue weighted by molar-refractivity contribution is 7.92. The van der Waals surface area contributed by atoms with E-state index in [4.69, 9.17) is 4.74 Å². The Kier molecular flexibility index (Phi) is 9.83. The molecule has 0 radical (unpaired) electrons. The number of benzene rings is 3. The lowest BCUT2D eigenvalue weighted by Crippen LogP contribution is -2.52. The number of rotatable bonds is 12. The van der Waals surface area contributed by atoms with Gasteiger partial charge < -0.3 is 15.0 Å². The zero-order chi connectivity index (χ0) is 29.4. The van der Waals surface area contributed by atoms with Gasteiger partial charge in [0.1, 0.15) is 18.3 Å². The molecule has 3 aromatic carbocycles. The molecule has 3 rings (SSSR count). The minimum Gasteiger partial charge on any atom is -0.497 e. The molecule has 0 aliphatic rings. The molecule has 212 valence electrons. The normalized spacial score (nSPS) is 11.9. The number of nitro groups is 1. The summed E-state index contributed by atoms with van der Waals surface area (Å²) in [6.07, 6.45) is 0. The van der Waals surface area contributed by atoms with Gasteiger partial charge in [-0.25, -0.2) is 8.42 Å². The van der Waals surface area contributed by atoms with Crippen LogP contribution in [0.2, 0.25) is 0 Å². The summed E-state index contributed by atoms with van der Waals surface area (Å²) in [6, 6.07) is 18.3. The van der Waals surface area contributed by atoms with Crippen LogP contribution in [-0.4, -0.2) is 55.8 Å². The molecule has 40 heavy (non-hydrogen) atoms. The highest BCUT2D eigenvalue weighted by atomic mass is 32.2. The van der Waals surface area contributed by atoms with Crippen molar-refractivity contribution in [2.75, 3.05) is 18.0 Å². The second-order valence-electron chi connectivity index (χ2n) is 9.31. The van der Waals surface area contributed by atoms with E-state index < -0.39 is 39.3 Å². The number of anilines is 1. The Morgan fingerprint density at radius 2 is 1.62 bits per heavy atom. The van der Waals surface area contributed by atoms with Gasteiger partial charge in [-0.1, -0.05) is 36.4 Å². The highest BCUT2D eigenvalue weighted by Gasteiger charge is 2.33. The fourth-order valence-electron chi connectivity index (χ4n) is 3.93. The first kappa shape index (κ1) is 30.1. The van der Waals surface area contributed by atoms with Crippen molar-refractivity contribution in [1.29, 1.82) is 0 Å². The van der Waals surface area contributed by atoms with E-state index in [1.54, 1.807) is 51.1 Å². The number of non-ortho nitro benzene ring substituents is 1. The van der Waals surface area contributed by atoms with Gasteiger partial charge in [-0.15, -0.1) is 0 Å². The first-order chi connectivity index (χ1) is 18.9. The maximum absolute atomic E-state index is 13.9. The molecule has 0 saturated carbocycles. The molecule has 0 aliphatic carbocycles. The maximum atomic E-state index is 13.9. The van der Waals surface area contributed by atoms with Gasteiger partial charge in [0.05, 0.1) is 22.6 Å². The molecule has 2 amide bonds. The van der Waals surface area contributed by atoms with Crippen LogP contribution >= 0.6 is 0 Å². The number of carbonyl (C=O) groups excluding carboxylic acids is 2. The lowest BCUT2D eigenvalue weighted by Gasteiger charge is -2.32. The first-order valence-electron chi connectivity index (χ1n) is 12.5. The molecule has 11 nitrogen and oxygen atoms in total. The van der Waals surface area contributed by atoms with Crippen molar-refractivity contribution in [2.45, 2.75) is 44.3 Å². The molecule has 1 atom stereocenters. The number of nitrogens with one attached hydrogen (secondary N) is 1. The molecule has 0 bridgehead atoms. The summed E-state index contributed by atoms with van der Waals surface area (Å²) in [7, 11) is -2.80. The summed E-state index contributed by atoms with van der Waals surface area (Å²) < 4.78 is 33.5. The lowest BCUT2D eigenvalue weighted by atomic mass is 10.1. The zero-order valence-electron chi connectivity index (χ0n) is 22.7. The van der Waals surface area contributed by atoms with E-state index in [1.165, 1.54) is 54.5 Å². The maximum Gasteiger partial charge on any atom is 0.271 e. The number of ether oxygens (including phenoxy) is 1. The van der Waals surface area contributed by atoms with Crippen LogP contribution in [0.25, 0.3) is 0 Å². The van der Waals surface area contributed by atoms with E-state index in [9.17, 15) is 28.1 Å². The van der Waals surface area contributed by atoms with Gasteiger partial charge >= 0.3 is 0 Å². The molecule has 0 fully saturated rings. The third-order valence-corrected chi connectivity index (χ3v) is 7.84. The highest BCUT2D eigenvalue weighted by Crippen LogP contribution is 2.27. The van der Waals surface area contributed by atoms with E-state index in [0.29, 0.717) is 11.3 Å². The molecule has 12 heteroatoms. The number of sulfonamides is 1. The number of nitrogens with zero attached hydrogens (tertiary/aromatic N) is 3. The van der Waals surface area contributed by atoms with Gasteiger partial charge in [-0.3, -0.25) is 24.0 Å². The predicted molar refractivity (Wildman–Crippen MR) is 150 cm³/mol. The Labute approximate surface area is 233 Å². The van der Waals surface area contributed by atoms with Crippen LogP contribution in [0.4, 0.5) is 11.4 Å². The third kappa shape index (κ3) is 7.35. The van der Waals surface area contributed by atoms with Crippen LogP contribution in [0.5, 0.6) is 5.75 Å². The van der Waals surface area contributed by atoms with E-state index in [1.807, 2.05) is 0 Å². The molecule has 1 N–H and O–H groups in total. The smallest absolute Gasteiger partial charge is 0.271 e. The molecular weight excluding hydrogens is 536 g/mol. The molecule has 0 saturated heterocycles. The van der Waals surface area contributed by atoms with E-state index >= 15 is 0 Å². The third-order valence-electron chi connectivity index (χ3n) is 6.05. The summed E-state index contributed by atoms with van der Waals surface area (Å²) >= 11 is 0. The van der Waals surface area contributed by atoms with E-state index in [0.717, 1.165) is 10.4 Å². The Morgan fingerprint density at radius 1 is 0.975 bits per heavy atom. The van der Waals surface area contributed by atoms with Gasteiger partial charge in [-0.2, -0.15) is 0 Å². The van der Waals surface area contributed by atoms with Crippen LogP contribution < -0.4 is 14.4 Å². The number of hydrogen-bond donors (Lipinski definition) is 1. The van der Waals surface area contributed by atoms with Crippen LogP contribution in [0, 0.1) is 10.1 Å². The van der Waals surface area contributed by atoms with Gasteiger partial charge in [0.15, 0.2) is 0 Å². The van der Waals surface area contributed by atoms with Crippen LogP contribution in [0.1, 0.15) is 26.3 Å². The fourth-order valence-corrected chi connectivity index (χ4v) is 5.35. The number of hydrogen-bond acceptors (Lipinski definition) is 7. The minimum atomic E-state index is -4.33. The lowest BCUT2D eigenvalue weighted by molar-refractivity contribution is -0.384. The van der Waals surface area contributed by atoms with Crippen LogP contribution in [0.3, 0.4) is 0 Å². The molecule has 0 unspecified atom stereocenters. The predicted octanol–water partition coefficient (Wildman–Crippen LogP) is 3.74. The fraction of sp³-hybridized carbons (Fsp3) is 0.286. The molecule has 3 aromatic rings. The first-order valence-corrected chi connectivity index (χ1v) is 13.9. The second kappa shape index (κ2) is 13.1. The van der Waals surface area contributed by atoms with Crippen LogP contribution in [0.15, 0.2) is 83.8 Å². The van der Waals surface area contributed by atoms with Crippen molar-refractivity contribution < 1.29 is 27.7 Å². The van der Waals surface area contributed by atoms with Gasteiger partial charge in [0.2, 0.25) is 11.8 Å². The standard InChI is InChI=1S/C28H32N4O7S/c1-20(2)29-28(34)21(3)30(18-22-13-15-25(39-4)16-14-22)27(33)19-31(23-9-8-10-24(17-23)32(35)36)40(37,38)26-11-6-5-7-12-26/h5-17,20-21H,18-19H2,1-4H3,(H,29,34)/t21-/m1/s1. The van der Waals surface area contributed by atoms with Crippen molar-refractivity contribution in [3.63, 3.8) is 0 Å². The number of nitro benzene ring substituents is 1. The number of amides is 2. The molecule has 0 spiro atoms. The number of carbonyl (C=O) groups is 2. The van der Waals surface area contributed by atoms with Crippen molar-refractivity contribution in [1.82, 2.24) is 10.2 Å². The van der Waals surface area contributed by atoms with Crippen molar-refractivity contribution >= 4 is 33.2 Å².